The number of ether oxygens (including phenoxy) is 1. The van der Waals surface area contributed by atoms with Crippen molar-refractivity contribution in [1.29, 1.82) is 0 Å². The van der Waals surface area contributed by atoms with Crippen molar-refractivity contribution in [2.24, 2.45) is 5.41 Å². The van der Waals surface area contributed by atoms with Crippen LogP contribution >= 0.6 is 0 Å². The van der Waals surface area contributed by atoms with Gasteiger partial charge < -0.3 is 20.5 Å². The van der Waals surface area contributed by atoms with Crippen molar-refractivity contribution in [1.82, 2.24) is 10.6 Å². The first-order valence-corrected chi connectivity index (χ1v) is 6.92. The van der Waals surface area contributed by atoms with Crippen molar-refractivity contribution in [3.63, 3.8) is 0 Å². The molecule has 0 saturated heterocycles. The summed E-state index contributed by atoms with van der Waals surface area (Å²) in [6.07, 6.45) is 4.76. The zero-order valence-corrected chi connectivity index (χ0v) is 11.2. The Labute approximate surface area is 108 Å². The van der Waals surface area contributed by atoms with Gasteiger partial charge in [0.2, 0.25) is 0 Å². The number of nitrogens with one attached hydrogen (secondary N) is 2. The highest BCUT2D eigenvalue weighted by atomic mass is 16.5. The summed E-state index contributed by atoms with van der Waals surface area (Å²) in [6, 6.07) is -0.151. The smallest absolute Gasteiger partial charge is 0.315 e. The molecule has 2 aliphatic carbocycles. The van der Waals surface area contributed by atoms with Crippen molar-refractivity contribution in [2.75, 3.05) is 13.2 Å². The Hall–Kier alpha value is -0.810. The van der Waals surface area contributed by atoms with Gasteiger partial charge in [-0.15, -0.1) is 0 Å². The molecule has 2 fully saturated rings. The van der Waals surface area contributed by atoms with Gasteiger partial charge in [-0.2, -0.15) is 0 Å². The van der Waals surface area contributed by atoms with Gasteiger partial charge in [-0.1, -0.05) is 6.42 Å². The average molecular weight is 256 g/mol. The molecule has 2 aliphatic rings. The summed E-state index contributed by atoms with van der Waals surface area (Å²) in [5.41, 5.74) is 0.190. The monoisotopic (exact) mass is 256 g/mol. The lowest BCUT2D eigenvalue weighted by Gasteiger charge is -2.60. The van der Waals surface area contributed by atoms with E-state index in [0.29, 0.717) is 6.10 Å². The van der Waals surface area contributed by atoms with E-state index in [1.807, 2.05) is 6.92 Å². The van der Waals surface area contributed by atoms with Crippen molar-refractivity contribution < 1.29 is 14.6 Å². The van der Waals surface area contributed by atoms with Crippen molar-refractivity contribution in [3.8, 4) is 0 Å². The highest BCUT2D eigenvalue weighted by Crippen LogP contribution is 2.57. The molecule has 5 heteroatoms. The third-order valence-electron chi connectivity index (χ3n) is 4.39. The SMILES string of the molecule is CCOC1CC(NC(=O)NC(C)CO)C12CCC2. The predicted molar refractivity (Wildman–Crippen MR) is 68.3 cm³/mol. The van der Waals surface area contributed by atoms with Gasteiger partial charge in [0, 0.05) is 18.1 Å². The van der Waals surface area contributed by atoms with Crippen LogP contribution in [0.2, 0.25) is 0 Å². The minimum absolute atomic E-state index is 0.0369. The van der Waals surface area contributed by atoms with Crippen LogP contribution in [0.25, 0.3) is 0 Å². The summed E-state index contributed by atoms with van der Waals surface area (Å²) in [5.74, 6) is 0. The van der Waals surface area contributed by atoms with Gasteiger partial charge in [0.1, 0.15) is 0 Å². The maximum Gasteiger partial charge on any atom is 0.315 e. The van der Waals surface area contributed by atoms with Gasteiger partial charge in [-0.05, 0) is 33.1 Å². The molecule has 0 bridgehead atoms. The van der Waals surface area contributed by atoms with Crippen molar-refractivity contribution in [2.45, 2.75) is 57.7 Å². The molecule has 0 radical (unpaired) electrons. The van der Waals surface area contributed by atoms with E-state index in [2.05, 4.69) is 10.6 Å². The van der Waals surface area contributed by atoms with E-state index in [9.17, 15) is 4.79 Å². The Morgan fingerprint density at radius 3 is 2.78 bits per heavy atom. The standard InChI is InChI=1S/C13H24N2O3/c1-3-18-11-7-10(13(11)5-4-6-13)15-12(17)14-9(2)8-16/h9-11,16H,3-8H2,1-2H3,(H2,14,15,17). The molecule has 0 heterocycles. The topological polar surface area (TPSA) is 70.6 Å². The van der Waals surface area contributed by atoms with Crippen LogP contribution in [0.3, 0.4) is 0 Å². The maximum absolute atomic E-state index is 11.7. The summed E-state index contributed by atoms with van der Waals surface area (Å²) < 4.78 is 5.74. The number of aliphatic hydroxyl groups is 1. The molecule has 5 nitrogen and oxygen atoms in total. The zero-order chi connectivity index (χ0) is 13.2. The van der Waals surface area contributed by atoms with Crippen molar-refractivity contribution >= 4 is 6.03 Å². The lowest BCUT2D eigenvalue weighted by Crippen LogP contribution is -2.68. The molecule has 0 aliphatic heterocycles. The Morgan fingerprint density at radius 1 is 1.56 bits per heavy atom. The Balaban J connectivity index is 1.82. The molecule has 2 rings (SSSR count). The fourth-order valence-corrected chi connectivity index (χ4v) is 3.11. The van der Waals surface area contributed by atoms with Crippen LogP contribution in [0.15, 0.2) is 0 Å². The third-order valence-corrected chi connectivity index (χ3v) is 4.39. The van der Waals surface area contributed by atoms with Crippen LogP contribution in [0.1, 0.15) is 39.5 Å². The number of aliphatic hydroxyl groups excluding tert-OH is 1. The number of urea groups is 1. The Bertz CT molecular complexity index is 305. The maximum atomic E-state index is 11.7. The minimum Gasteiger partial charge on any atom is -0.394 e. The number of rotatable bonds is 5. The second-order valence-corrected chi connectivity index (χ2v) is 5.52. The molecule has 3 atom stereocenters. The number of hydrogen-bond acceptors (Lipinski definition) is 3. The average Bonchev–Trinajstić information content (AvgIpc) is 2.25. The molecule has 0 aromatic heterocycles. The molecule has 1 spiro atoms. The highest BCUT2D eigenvalue weighted by Gasteiger charge is 2.59. The summed E-state index contributed by atoms with van der Waals surface area (Å²) in [7, 11) is 0. The Kier molecular flexibility index (Phi) is 4.12. The molecule has 0 aromatic rings. The molecule has 3 unspecified atom stereocenters. The number of carbonyl (C=O) groups excluding carboxylic acids is 1. The molecule has 2 saturated carbocycles. The number of amides is 2. The Morgan fingerprint density at radius 2 is 2.28 bits per heavy atom. The van der Waals surface area contributed by atoms with Crippen LogP contribution < -0.4 is 10.6 Å². The molecular weight excluding hydrogens is 232 g/mol. The number of hydrogen-bond donors (Lipinski definition) is 3. The minimum atomic E-state index is -0.204. The molecule has 18 heavy (non-hydrogen) atoms. The van der Waals surface area contributed by atoms with Gasteiger partial charge in [-0.25, -0.2) is 4.79 Å². The van der Waals surface area contributed by atoms with E-state index in [0.717, 1.165) is 25.9 Å². The van der Waals surface area contributed by atoms with Gasteiger partial charge in [0.15, 0.2) is 0 Å². The first kappa shape index (κ1) is 13.6. The van der Waals surface area contributed by atoms with Crippen LogP contribution in [-0.4, -0.2) is 42.5 Å². The van der Waals surface area contributed by atoms with E-state index in [1.54, 1.807) is 6.92 Å². The first-order chi connectivity index (χ1) is 8.62. The van der Waals surface area contributed by atoms with Crippen LogP contribution in [0, 0.1) is 5.41 Å². The lowest BCUT2D eigenvalue weighted by molar-refractivity contribution is -0.169. The van der Waals surface area contributed by atoms with E-state index in [-0.39, 0.29) is 30.1 Å². The molecule has 0 aromatic carbocycles. The van der Waals surface area contributed by atoms with Crippen molar-refractivity contribution in [3.05, 3.63) is 0 Å². The van der Waals surface area contributed by atoms with Gasteiger partial charge in [-0.3, -0.25) is 0 Å². The summed E-state index contributed by atoms with van der Waals surface area (Å²) >= 11 is 0. The molecule has 3 N–H and O–H groups in total. The van der Waals surface area contributed by atoms with Crippen LogP contribution in [0.4, 0.5) is 4.79 Å². The number of carbonyl (C=O) groups is 1. The van der Waals surface area contributed by atoms with Gasteiger partial charge in [0.25, 0.3) is 0 Å². The zero-order valence-electron chi connectivity index (χ0n) is 11.2. The molecule has 2 amide bonds. The fraction of sp³-hybridized carbons (Fsp3) is 0.923. The highest BCUT2D eigenvalue weighted by molar-refractivity contribution is 5.74. The summed E-state index contributed by atoms with van der Waals surface area (Å²) in [6.45, 7) is 4.50. The fourth-order valence-electron chi connectivity index (χ4n) is 3.11. The lowest BCUT2D eigenvalue weighted by atomic mass is 9.51. The largest absolute Gasteiger partial charge is 0.394 e. The predicted octanol–water partition coefficient (Wildman–Crippen LogP) is 1.01. The van der Waals surface area contributed by atoms with Crippen LogP contribution in [0.5, 0.6) is 0 Å². The van der Waals surface area contributed by atoms with E-state index in [1.165, 1.54) is 6.42 Å². The summed E-state index contributed by atoms with van der Waals surface area (Å²) in [4.78, 5) is 11.7. The molecule has 104 valence electrons. The van der Waals surface area contributed by atoms with Crippen LogP contribution in [-0.2, 0) is 4.74 Å². The van der Waals surface area contributed by atoms with Gasteiger partial charge in [0.05, 0.1) is 18.8 Å². The second kappa shape index (κ2) is 5.45. The first-order valence-electron chi connectivity index (χ1n) is 6.92. The summed E-state index contributed by atoms with van der Waals surface area (Å²) in [5, 5.41) is 14.6. The normalized spacial score (nSPS) is 30.2. The quantitative estimate of drug-likeness (QED) is 0.687. The molecular formula is C13H24N2O3. The van der Waals surface area contributed by atoms with E-state index < -0.39 is 0 Å². The van der Waals surface area contributed by atoms with E-state index in [4.69, 9.17) is 9.84 Å². The van der Waals surface area contributed by atoms with E-state index >= 15 is 0 Å². The van der Waals surface area contributed by atoms with Gasteiger partial charge >= 0.3 is 6.03 Å². The second-order valence-electron chi connectivity index (χ2n) is 5.52. The third kappa shape index (κ3) is 2.34.